The third-order valence-electron chi connectivity index (χ3n) is 4.78. The summed E-state index contributed by atoms with van der Waals surface area (Å²) in [6, 6.07) is 0. The summed E-state index contributed by atoms with van der Waals surface area (Å²) in [5.74, 6) is 0.401. The van der Waals surface area contributed by atoms with Crippen LogP contribution in [-0.2, 0) is 14.4 Å². The number of likely N-dealkylation sites (tertiary alicyclic amines) is 1. The zero-order valence-corrected chi connectivity index (χ0v) is 15.5. The standard InChI is InChI=1S/C20H35NO3/c1-2-3-4-6-9-13-18(22)14-10-7-5-8-11-15-19(23)21-17-12-16-20(21)24/h2-17H2,1H3. The van der Waals surface area contributed by atoms with Gasteiger partial charge < -0.3 is 0 Å². The first kappa shape index (κ1) is 20.9. The fraction of sp³-hybridized carbons (Fsp3) is 0.850. The lowest BCUT2D eigenvalue weighted by atomic mass is 10.0. The van der Waals surface area contributed by atoms with Gasteiger partial charge in [0.25, 0.3) is 0 Å². The van der Waals surface area contributed by atoms with Gasteiger partial charge in [0.2, 0.25) is 11.8 Å². The van der Waals surface area contributed by atoms with Crippen LogP contribution in [0.4, 0.5) is 0 Å². The van der Waals surface area contributed by atoms with Gasteiger partial charge in [-0.05, 0) is 25.7 Å². The maximum atomic E-state index is 11.9. The predicted octanol–water partition coefficient (Wildman–Crippen LogP) is 4.80. The normalized spacial score (nSPS) is 14.4. The van der Waals surface area contributed by atoms with Crippen molar-refractivity contribution in [1.82, 2.24) is 4.90 Å². The van der Waals surface area contributed by atoms with Gasteiger partial charge in [-0.25, -0.2) is 0 Å². The first-order valence-corrected chi connectivity index (χ1v) is 10.00. The molecule has 0 saturated carbocycles. The molecule has 0 atom stereocenters. The molecular weight excluding hydrogens is 302 g/mol. The van der Waals surface area contributed by atoms with Crippen LogP contribution in [0.2, 0.25) is 0 Å². The lowest BCUT2D eigenvalue weighted by Crippen LogP contribution is -2.31. The van der Waals surface area contributed by atoms with E-state index in [2.05, 4.69) is 6.92 Å². The monoisotopic (exact) mass is 337 g/mol. The topological polar surface area (TPSA) is 54.5 Å². The Hall–Kier alpha value is -1.19. The van der Waals surface area contributed by atoms with Crippen LogP contribution in [0.5, 0.6) is 0 Å². The molecule has 0 aliphatic carbocycles. The van der Waals surface area contributed by atoms with Gasteiger partial charge in [0.15, 0.2) is 0 Å². The Bertz CT molecular complexity index is 392. The van der Waals surface area contributed by atoms with Crippen LogP contribution in [-0.4, -0.2) is 29.0 Å². The molecule has 0 bridgehead atoms. The van der Waals surface area contributed by atoms with Crippen molar-refractivity contribution in [2.75, 3.05) is 6.54 Å². The van der Waals surface area contributed by atoms with Gasteiger partial charge in [0.05, 0.1) is 0 Å². The van der Waals surface area contributed by atoms with E-state index in [1.54, 1.807) is 0 Å². The van der Waals surface area contributed by atoms with E-state index in [0.717, 1.165) is 57.8 Å². The molecule has 0 radical (unpaired) electrons. The molecule has 24 heavy (non-hydrogen) atoms. The van der Waals surface area contributed by atoms with Gasteiger partial charge in [-0.15, -0.1) is 0 Å². The molecule has 0 aromatic heterocycles. The Kier molecular flexibility index (Phi) is 11.4. The van der Waals surface area contributed by atoms with Crippen molar-refractivity contribution in [3.05, 3.63) is 0 Å². The van der Waals surface area contributed by atoms with Crippen LogP contribution in [0.15, 0.2) is 0 Å². The van der Waals surface area contributed by atoms with E-state index in [0.29, 0.717) is 25.2 Å². The number of imide groups is 1. The third-order valence-corrected chi connectivity index (χ3v) is 4.78. The van der Waals surface area contributed by atoms with Crippen molar-refractivity contribution < 1.29 is 14.4 Å². The van der Waals surface area contributed by atoms with Crippen LogP contribution in [0.25, 0.3) is 0 Å². The van der Waals surface area contributed by atoms with E-state index >= 15 is 0 Å². The number of carbonyl (C=O) groups is 3. The van der Waals surface area contributed by atoms with Gasteiger partial charge in [0.1, 0.15) is 5.78 Å². The minimum atomic E-state index is -0.00629. The van der Waals surface area contributed by atoms with Gasteiger partial charge >= 0.3 is 0 Å². The summed E-state index contributed by atoms with van der Waals surface area (Å²) in [7, 11) is 0. The van der Waals surface area contributed by atoms with Crippen LogP contribution >= 0.6 is 0 Å². The van der Waals surface area contributed by atoms with Crippen LogP contribution < -0.4 is 0 Å². The highest BCUT2D eigenvalue weighted by Crippen LogP contribution is 2.14. The summed E-state index contributed by atoms with van der Waals surface area (Å²) < 4.78 is 0. The number of hydrogen-bond donors (Lipinski definition) is 0. The minimum absolute atomic E-state index is 0.00393. The summed E-state index contributed by atoms with van der Waals surface area (Å²) in [5, 5.41) is 0. The second-order valence-corrected chi connectivity index (χ2v) is 7.01. The quantitative estimate of drug-likeness (QED) is 0.428. The summed E-state index contributed by atoms with van der Waals surface area (Å²) in [6.07, 6.45) is 14.3. The van der Waals surface area contributed by atoms with E-state index in [1.807, 2.05) is 0 Å². The van der Waals surface area contributed by atoms with E-state index < -0.39 is 0 Å². The molecule has 2 amide bonds. The highest BCUT2D eigenvalue weighted by molar-refractivity contribution is 5.96. The number of carbonyl (C=O) groups excluding carboxylic acids is 3. The molecule has 1 heterocycles. The maximum absolute atomic E-state index is 11.9. The third kappa shape index (κ3) is 9.19. The number of rotatable bonds is 14. The van der Waals surface area contributed by atoms with Crippen molar-refractivity contribution >= 4 is 17.6 Å². The first-order valence-electron chi connectivity index (χ1n) is 10.00. The van der Waals surface area contributed by atoms with Crippen LogP contribution in [0.3, 0.4) is 0 Å². The maximum Gasteiger partial charge on any atom is 0.229 e. The number of Topliss-reactive ketones (excluding diaryl/α,β-unsaturated/α-hetero) is 1. The molecular formula is C20H35NO3. The average Bonchev–Trinajstić information content (AvgIpc) is 2.99. The molecule has 138 valence electrons. The van der Waals surface area contributed by atoms with E-state index in [1.165, 1.54) is 30.6 Å². The Labute approximate surface area is 147 Å². The van der Waals surface area contributed by atoms with Crippen molar-refractivity contribution in [2.45, 2.75) is 103 Å². The second-order valence-electron chi connectivity index (χ2n) is 7.01. The zero-order valence-electron chi connectivity index (χ0n) is 15.5. The predicted molar refractivity (Wildman–Crippen MR) is 96.7 cm³/mol. The number of unbranched alkanes of at least 4 members (excludes halogenated alkanes) is 8. The molecule has 1 aliphatic rings. The summed E-state index contributed by atoms with van der Waals surface area (Å²) in [4.78, 5) is 36.5. The highest BCUT2D eigenvalue weighted by atomic mass is 16.2. The SMILES string of the molecule is CCCCCCCC(=O)CCCCCCCC(=O)N1CCCC1=O. The number of ketones is 1. The van der Waals surface area contributed by atoms with E-state index in [4.69, 9.17) is 0 Å². The molecule has 1 rings (SSSR count). The fourth-order valence-electron chi connectivity index (χ4n) is 3.23. The Morgan fingerprint density at radius 3 is 1.92 bits per heavy atom. The molecule has 1 aliphatic heterocycles. The van der Waals surface area contributed by atoms with Crippen LogP contribution in [0, 0.1) is 0 Å². The van der Waals surface area contributed by atoms with Crippen LogP contribution in [0.1, 0.15) is 103 Å². The van der Waals surface area contributed by atoms with Crippen molar-refractivity contribution in [3.8, 4) is 0 Å². The highest BCUT2D eigenvalue weighted by Gasteiger charge is 2.25. The lowest BCUT2D eigenvalue weighted by Gasteiger charge is -2.12. The number of nitrogens with zero attached hydrogens (tertiary/aromatic N) is 1. The largest absolute Gasteiger partial charge is 0.300 e. The summed E-state index contributed by atoms with van der Waals surface area (Å²) >= 11 is 0. The number of amides is 2. The van der Waals surface area contributed by atoms with Gasteiger partial charge in [-0.2, -0.15) is 0 Å². The lowest BCUT2D eigenvalue weighted by molar-refractivity contribution is -0.141. The molecule has 1 fully saturated rings. The molecule has 0 N–H and O–H groups in total. The Balaban J connectivity index is 1.88. The van der Waals surface area contributed by atoms with Crippen molar-refractivity contribution in [1.29, 1.82) is 0 Å². The molecule has 0 aromatic carbocycles. The fourth-order valence-corrected chi connectivity index (χ4v) is 3.23. The summed E-state index contributed by atoms with van der Waals surface area (Å²) in [6.45, 7) is 2.81. The molecule has 0 unspecified atom stereocenters. The number of hydrogen-bond acceptors (Lipinski definition) is 3. The van der Waals surface area contributed by atoms with Gasteiger partial charge in [-0.1, -0.05) is 51.9 Å². The minimum Gasteiger partial charge on any atom is -0.300 e. The van der Waals surface area contributed by atoms with Crippen molar-refractivity contribution in [3.63, 3.8) is 0 Å². The van der Waals surface area contributed by atoms with E-state index in [9.17, 15) is 14.4 Å². The molecule has 1 saturated heterocycles. The van der Waals surface area contributed by atoms with Gasteiger partial charge in [-0.3, -0.25) is 19.3 Å². The molecule has 0 aromatic rings. The molecule has 0 spiro atoms. The average molecular weight is 338 g/mol. The summed E-state index contributed by atoms with van der Waals surface area (Å²) in [5.41, 5.74) is 0. The van der Waals surface area contributed by atoms with E-state index in [-0.39, 0.29) is 11.8 Å². The second kappa shape index (κ2) is 13.1. The smallest absolute Gasteiger partial charge is 0.229 e. The molecule has 4 nitrogen and oxygen atoms in total. The van der Waals surface area contributed by atoms with Crippen molar-refractivity contribution in [2.24, 2.45) is 0 Å². The van der Waals surface area contributed by atoms with Gasteiger partial charge in [0, 0.05) is 32.2 Å². The Morgan fingerprint density at radius 2 is 1.38 bits per heavy atom. The molecule has 4 heteroatoms. The Morgan fingerprint density at radius 1 is 0.833 bits per heavy atom. The zero-order chi connectivity index (χ0) is 17.6. The first-order chi connectivity index (χ1) is 11.6.